The van der Waals surface area contributed by atoms with E-state index in [9.17, 15) is 18.0 Å². The van der Waals surface area contributed by atoms with E-state index in [1.54, 1.807) is 12.1 Å². The van der Waals surface area contributed by atoms with Gasteiger partial charge in [0.1, 0.15) is 12.4 Å². The van der Waals surface area contributed by atoms with Crippen molar-refractivity contribution in [3.63, 3.8) is 0 Å². The number of carbonyl (C=O) groups is 2. The number of carboxylic acid groups (broad SMARTS) is 2. The molecule has 0 amide bonds. The molecular weight excluding hydrogens is 387 g/mol. The van der Waals surface area contributed by atoms with E-state index < -0.39 is 18.1 Å². The zero-order chi connectivity index (χ0) is 18.0. The average Bonchev–Trinajstić information content (AvgIpc) is 2.43. The number of hydrogen-bond acceptors (Lipinski definition) is 4. The Kier molecular flexibility index (Phi) is 8.96. The zero-order valence-electron chi connectivity index (χ0n) is 11.5. The van der Waals surface area contributed by atoms with E-state index in [0.29, 0.717) is 24.5 Å². The highest BCUT2D eigenvalue weighted by Crippen LogP contribution is 2.29. The van der Waals surface area contributed by atoms with Crippen molar-refractivity contribution in [2.45, 2.75) is 6.18 Å². The Bertz CT molecular complexity index is 575. The van der Waals surface area contributed by atoms with Crippen LogP contribution in [-0.2, 0) is 9.59 Å². The molecule has 23 heavy (non-hydrogen) atoms. The molecule has 0 heterocycles. The molecule has 1 rings (SSSR count). The number of rotatable bonds is 5. The number of nitrogens with two attached hydrogens (primary N) is 1. The van der Waals surface area contributed by atoms with Gasteiger partial charge in [-0.05, 0) is 28.1 Å². The first-order chi connectivity index (χ1) is 10.6. The van der Waals surface area contributed by atoms with Gasteiger partial charge < -0.3 is 20.7 Å². The Morgan fingerprint density at radius 2 is 1.87 bits per heavy atom. The molecule has 1 aromatic carbocycles. The summed E-state index contributed by atoms with van der Waals surface area (Å²) in [7, 11) is 0. The van der Waals surface area contributed by atoms with Crippen LogP contribution in [-0.4, -0.2) is 41.5 Å². The standard InChI is InChI=1S/C11H12BrNO3.C2HF3O2/c12-9-3-1-2-8(4-5-10(14)15)11(9)16-7-6-13;3-2(4,5)1(6)7/h1-5H,6-7,13H2,(H,14,15);(H,6,7). The van der Waals surface area contributed by atoms with E-state index in [4.69, 9.17) is 25.5 Å². The summed E-state index contributed by atoms with van der Waals surface area (Å²) < 4.78 is 37.9. The maximum absolute atomic E-state index is 10.6. The Labute approximate surface area is 137 Å². The zero-order valence-corrected chi connectivity index (χ0v) is 13.1. The van der Waals surface area contributed by atoms with Crippen LogP contribution >= 0.6 is 15.9 Å². The molecule has 0 saturated heterocycles. The van der Waals surface area contributed by atoms with Gasteiger partial charge in [0.05, 0.1) is 4.47 Å². The van der Waals surface area contributed by atoms with Crippen LogP contribution in [0.3, 0.4) is 0 Å². The molecule has 0 bridgehead atoms. The van der Waals surface area contributed by atoms with Gasteiger partial charge in [-0.3, -0.25) is 0 Å². The van der Waals surface area contributed by atoms with Crippen molar-refractivity contribution in [3.8, 4) is 5.75 Å². The monoisotopic (exact) mass is 399 g/mol. The number of halogens is 4. The molecule has 0 spiro atoms. The molecule has 0 aliphatic rings. The molecule has 0 saturated carbocycles. The van der Waals surface area contributed by atoms with Gasteiger partial charge in [-0.15, -0.1) is 0 Å². The second-order valence-electron chi connectivity index (χ2n) is 3.77. The van der Waals surface area contributed by atoms with Gasteiger partial charge in [0.15, 0.2) is 0 Å². The van der Waals surface area contributed by atoms with Crippen molar-refractivity contribution in [1.82, 2.24) is 0 Å². The number of ether oxygens (including phenoxy) is 1. The van der Waals surface area contributed by atoms with E-state index in [-0.39, 0.29) is 0 Å². The lowest BCUT2D eigenvalue weighted by molar-refractivity contribution is -0.192. The van der Waals surface area contributed by atoms with E-state index in [1.807, 2.05) is 6.07 Å². The Morgan fingerprint density at radius 3 is 2.30 bits per heavy atom. The Hall–Kier alpha value is -2.07. The number of aliphatic carboxylic acids is 2. The third-order valence-electron chi connectivity index (χ3n) is 2.01. The van der Waals surface area contributed by atoms with Gasteiger partial charge in [-0.1, -0.05) is 12.1 Å². The summed E-state index contributed by atoms with van der Waals surface area (Å²) in [6.07, 6.45) is -2.53. The summed E-state index contributed by atoms with van der Waals surface area (Å²) in [5.41, 5.74) is 6.05. The largest absolute Gasteiger partial charge is 0.490 e. The van der Waals surface area contributed by atoms with E-state index in [2.05, 4.69) is 15.9 Å². The second-order valence-corrected chi connectivity index (χ2v) is 4.62. The van der Waals surface area contributed by atoms with Crippen LogP contribution in [0.2, 0.25) is 0 Å². The highest BCUT2D eigenvalue weighted by Gasteiger charge is 2.38. The molecule has 0 aromatic heterocycles. The molecule has 0 fully saturated rings. The topological polar surface area (TPSA) is 110 Å². The minimum absolute atomic E-state index is 0.385. The van der Waals surface area contributed by atoms with Crippen LogP contribution in [0, 0.1) is 0 Å². The molecule has 128 valence electrons. The highest BCUT2D eigenvalue weighted by atomic mass is 79.9. The molecule has 0 unspecified atom stereocenters. The average molecular weight is 400 g/mol. The molecule has 0 radical (unpaired) electrons. The minimum atomic E-state index is -5.08. The fourth-order valence-electron chi connectivity index (χ4n) is 1.13. The number of para-hydroxylation sites is 1. The number of alkyl halides is 3. The molecule has 1 aromatic rings. The third-order valence-corrected chi connectivity index (χ3v) is 2.63. The Morgan fingerprint density at radius 1 is 1.30 bits per heavy atom. The second kappa shape index (κ2) is 9.85. The molecular formula is C13H13BrF3NO5. The van der Waals surface area contributed by atoms with Gasteiger partial charge in [0.25, 0.3) is 0 Å². The van der Waals surface area contributed by atoms with Crippen molar-refractivity contribution >= 4 is 33.9 Å². The predicted molar refractivity (Wildman–Crippen MR) is 79.1 cm³/mol. The quantitative estimate of drug-likeness (QED) is 0.656. The summed E-state index contributed by atoms with van der Waals surface area (Å²) in [6.45, 7) is 0.792. The molecule has 10 heteroatoms. The number of hydrogen-bond donors (Lipinski definition) is 3. The predicted octanol–water partition coefficient (Wildman–Crippen LogP) is 2.52. The maximum atomic E-state index is 10.6. The summed E-state index contributed by atoms with van der Waals surface area (Å²) in [5.74, 6) is -3.15. The number of carboxylic acids is 2. The van der Waals surface area contributed by atoms with Crippen molar-refractivity contribution in [3.05, 3.63) is 34.3 Å². The normalized spacial score (nSPS) is 10.8. The molecule has 0 aliphatic heterocycles. The third kappa shape index (κ3) is 8.83. The summed E-state index contributed by atoms with van der Waals surface area (Å²) in [5, 5.41) is 15.7. The van der Waals surface area contributed by atoms with Crippen LogP contribution in [0.1, 0.15) is 5.56 Å². The number of benzene rings is 1. The van der Waals surface area contributed by atoms with Crippen LogP contribution in [0.4, 0.5) is 13.2 Å². The SMILES string of the molecule is NCCOc1c(Br)cccc1C=CC(=O)O.O=C(O)C(F)(F)F. The lowest BCUT2D eigenvalue weighted by Crippen LogP contribution is -2.21. The molecule has 0 atom stereocenters. The first-order valence-corrected chi connectivity index (χ1v) is 6.71. The lowest BCUT2D eigenvalue weighted by Gasteiger charge is -2.09. The smallest absolute Gasteiger partial charge is 0.490 e. The van der Waals surface area contributed by atoms with Crippen molar-refractivity contribution in [2.24, 2.45) is 5.73 Å². The van der Waals surface area contributed by atoms with Crippen LogP contribution in [0.5, 0.6) is 5.75 Å². The summed E-state index contributed by atoms with van der Waals surface area (Å²) in [6, 6.07) is 5.40. The van der Waals surface area contributed by atoms with Gasteiger partial charge in [-0.2, -0.15) is 13.2 Å². The highest BCUT2D eigenvalue weighted by molar-refractivity contribution is 9.10. The van der Waals surface area contributed by atoms with Crippen molar-refractivity contribution in [1.29, 1.82) is 0 Å². The minimum Gasteiger partial charge on any atom is -0.490 e. The fourth-order valence-corrected chi connectivity index (χ4v) is 1.63. The summed E-state index contributed by atoms with van der Waals surface area (Å²) in [4.78, 5) is 19.3. The maximum Gasteiger partial charge on any atom is 0.490 e. The fraction of sp³-hybridized carbons (Fsp3) is 0.231. The van der Waals surface area contributed by atoms with Crippen LogP contribution in [0.15, 0.2) is 28.7 Å². The van der Waals surface area contributed by atoms with E-state index >= 15 is 0 Å². The molecule has 0 aliphatic carbocycles. The van der Waals surface area contributed by atoms with Gasteiger partial charge in [0, 0.05) is 18.2 Å². The molecule has 6 nitrogen and oxygen atoms in total. The first kappa shape index (κ1) is 20.9. The van der Waals surface area contributed by atoms with Gasteiger partial charge in [-0.25, -0.2) is 9.59 Å². The lowest BCUT2D eigenvalue weighted by atomic mass is 10.2. The van der Waals surface area contributed by atoms with Gasteiger partial charge >= 0.3 is 18.1 Å². The van der Waals surface area contributed by atoms with Crippen LogP contribution < -0.4 is 10.5 Å². The first-order valence-electron chi connectivity index (χ1n) is 5.92. The van der Waals surface area contributed by atoms with Crippen molar-refractivity contribution < 1.29 is 37.7 Å². The summed E-state index contributed by atoms with van der Waals surface area (Å²) >= 11 is 3.34. The molecule has 4 N–H and O–H groups in total. The van der Waals surface area contributed by atoms with Crippen molar-refractivity contribution in [2.75, 3.05) is 13.2 Å². The van der Waals surface area contributed by atoms with E-state index in [1.165, 1.54) is 6.08 Å². The Balaban J connectivity index is 0.000000585. The van der Waals surface area contributed by atoms with E-state index in [0.717, 1.165) is 10.5 Å². The van der Waals surface area contributed by atoms with Crippen LogP contribution in [0.25, 0.3) is 6.08 Å². The van der Waals surface area contributed by atoms with Gasteiger partial charge in [0.2, 0.25) is 0 Å².